The van der Waals surface area contributed by atoms with Crippen LogP contribution in [0.4, 0.5) is 5.69 Å². The van der Waals surface area contributed by atoms with Crippen LogP contribution in [0.2, 0.25) is 0 Å². The van der Waals surface area contributed by atoms with Crippen molar-refractivity contribution in [1.29, 1.82) is 0 Å². The van der Waals surface area contributed by atoms with E-state index in [0.29, 0.717) is 0 Å². The maximum absolute atomic E-state index is 6.19. The van der Waals surface area contributed by atoms with Crippen molar-refractivity contribution < 1.29 is 0 Å². The molecule has 1 nitrogen and oxygen atoms in total. The van der Waals surface area contributed by atoms with Crippen molar-refractivity contribution in [2.45, 2.75) is 19.6 Å². The minimum absolute atomic E-state index is 0.824. The van der Waals surface area contributed by atoms with Gasteiger partial charge in [0.05, 0.1) is 0 Å². The van der Waals surface area contributed by atoms with Crippen molar-refractivity contribution in [3.05, 3.63) is 78.9 Å². The second kappa shape index (κ2) is 6.74. The van der Waals surface area contributed by atoms with E-state index < -0.39 is 0 Å². The molecule has 104 valence electrons. The van der Waals surface area contributed by atoms with Gasteiger partial charge in [-0.1, -0.05) is 59.9 Å². The summed E-state index contributed by atoms with van der Waals surface area (Å²) < 4.78 is 0. The third kappa shape index (κ3) is 3.84. The predicted octanol–water partition coefficient (Wildman–Crippen LogP) is 5.57. The van der Waals surface area contributed by atoms with Crippen LogP contribution in [0.1, 0.15) is 0 Å². The van der Waals surface area contributed by atoms with Gasteiger partial charge < -0.3 is 5.73 Å². The summed E-state index contributed by atoms with van der Waals surface area (Å²) in [6.07, 6.45) is 0. The number of rotatable bonds is 4. The maximum atomic E-state index is 6.19. The van der Waals surface area contributed by atoms with Gasteiger partial charge in [0.15, 0.2) is 0 Å². The van der Waals surface area contributed by atoms with Crippen LogP contribution in [-0.2, 0) is 0 Å². The number of nitrogen functional groups attached to an aromatic ring is 1. The number of anilines is 1. The van der Waals surface area contributed by atoms with E-state index in [0.717, 1.165) is 15.5 Å². The molecule has 0 atom stereocenters. The fourth-order valence-corrected chi connectivity index (χ4v) is 3.67. The van der Waals surface area contributed by atoms with Gasteiger partial charge in [-0.2, -0.15) is 0 Å². The molecule has 3 heteroatoms. The van der Waals surface area contributed by atoms with Crippen molar-refractivity contribution in [3.63, 3.8) is 0 Å². The standard InChI is InChI=1S/C18H15NS2/c19-17-13-16(20-14-7-3-1-4-8-14)11-12-18(17)21-15-9-5-2-6-10-15/h1-13H,19H2. The lowest BCUT2D eigenvalue weighted by atomic mass is 10.3. The van der Waals surface area contributed by atoms with Gasteiger partial charge in [-0.3, -0.25) is 0 Å². The molecule has 0 aliphatic carbocycles. The van der Waals surface area contributed by atoms with Gasteiger partial charge in [0, 0.05) is 25.3 Å². The first kappa shape index (κ1) is 14.1. The minimum atomic E-state index is 0.824. The van der Waals surface area contributed by atoms with Crippen molar-refractivity contribution in [3.8, 4) is 0 Å². The van der Waals surface area contributed by atoms with Crippen molar-refractivity contribution in [2.24, 2.45) is 0 Å². The molecule has 0 aromatic heterocycles. The lowest BCUT2D eigenvalue weighted by Crippen LogP contribution is -1.89. The average Bonchev–Trinajstić information content (AvgIpc) is 2.52. The number of hydrogen-bond donors (Lipinski definition) is 1. The number of hydrogen-bond acceptors (Lipinski definition) is 3. The summed E-state index contributed by atoms with van der Waals surface area (Å²) in [6.45, 7) is 0. The second-order valence-electron chi connectivity index (χ2n) is 4.53. The van der Waals surface area contributed by atoms with E-state index in [2.05, 4.69) is 36.4 Å². The molecule has 3 rings (SSSR count). The van der Waals surface area contributed by atoms with Crippen LogP contribution in [0.3, 0.4) is 0 Å². The topological polar surface area (TPSA) is 26.0 Å². The summed E-state index contributed by atoms with van der Waals surface area (Å²) in [7, 11) is 0. The molecule has 0 saturated heterocycles. The van der Waals surface area contributed by atoms with Gasteiger partial charge in [-0.25, -0.2) is 0 Å². The molecular formula is C18H15NS2. The normalized spacial score (nSPS) is 10.5. The number of nitrogens with two attached hydrogens (primary N) is 1. The predicted molar refractivity (Wildman–Crippen MR) is 92.0 cm³/mol. The van der Waals surface area contributed by atoms with E-state index in [1.807, 2.05) is 42.5 Å². The van der Waals surface area contributed by atoms with Gasteiger partial charge in [0.1, 0.15) is 0 Å². The Labute approximate surface area is 133 Å². The summed E-state index contributed by atoms with van der Waals surface area (Å²) in [4.78, 5) is 4.68. The van der Waals surface area contributed by atoms with Crippen molar-refractivity contribution >= 4 is 29.2 Å². The van der Waals surface area contributed by atoms with Gasteiger partial charge >= 0.3 is 0 Å². The van der Waals surface area contributed by atoms with Crippen LogP contribution >= 0.6 is 23.5 Å². The molecule has 3 aromatic rings. The van der Waals surface area contributed by atoms with E-state index in [1.54, 1.807) is 23.5 Å². The molecule has 0 spiro atoms. The Morgan fingerprint density at radius 3 is 1.71 bits per heavy atom. The van der Waals surface area contributed by atoms with Crippen LogP contribution in [0.25, 0.3) is 0 Å². The SMILES string of the molecule is Nc1cc(Sc2ccccc2)ccc1Sc1ccccc1. The molecule has 0 saturated carbocycles. The van der Waals surface area contributed by atoms with Crippen LogP contribution in [-0.4, -0.2) is 0 Å². The molecule has 3 aromatic carbocycles. The molecule has 21 heavy (non-hydrogen) atoms. The molecule has 0 amide bonds. The first-order valence-corrected chi connectivity index (χ1v) is 8.30. The number of benzene rings is 3. The molecular weight excluding hydrogens is 294 g/mol. The Hall–Kier alpha value is -1.84. The summed E-state index contributed by atoms with van der Waals surface area (Å²) in [5, 5.41) is 0. The third-order valence-electron chi connectivity index (χ3n) is 2.93. The Kier molecular flexibility index (Phi) is 4.53. The lowest BCUT2D eigenvalue weighted by Gasteiger charge is -2.08. The smallest absolute Gasteiger partial charge is 0.0467 e. The van der Waals surface area contributed by atoms with Crippen LogP contribution < -0.4 is 5.73 Å². The highest BCUT2D eigenvalue weighted by Gasteiger charge is 2.04. The lowest BCUT2D eigenvalue weighted by molar-refractivity contribution is 1.33. The first-order valence-electron chi connectivity index (χ1n) is 6.66. The zero-order valence-electron chi connectivity index (χ0n) is 11.4. The van der Waals surface area contributed by atoms with E-state index in [9.17, 15) is 0 Å². The molecule has 0 aliphatic heterocycles. The molecule has 0 fully saturated rings. The van der Waals surface area contributed by atoms with Crippen molar-refractivity contribution in [2.75, 3.05) is 5.73 Å². The zero-order valence-corrected chi connectivity index (χ0v) is 13.0. The van der Waals surface area contributed by atoms with Crippen LogP contribution in [0.5, 0.6) is 0 Å². The molecule has 0 radical (unpaired) electrons. The highest BCUT2D eigenvalue weighted by molar-refractivity contribution is 8.00. The van der Waals surface area contributed by atoms with E-state index in [1.165, 1.54) is 9.79 Å². The monoisotopic (exact) mass is 309 g/mol. The summed E-state index contributed by atoms with van der Waals surface area (Å²) >= 11 is 3.42. The first-order chi connectivity index (χ1) is 10.3. The highest BCUT2D eigenvalue weighted by Crippen LogP contribution is 2.36. The summed E-state index contributed by atoms with van der Waals surface area (Å²) in [6, 6.07) is 26.9. The van der Waals surface area contributed by atoms with Gasteiger partial charge in [0.2, 0.25) is 0 Å². The molecule has 0 unspecified atom stereocenters. The van der Waals surface area contributed by atoms with Gasteiger partial charge in [0.25, 0.3) is 0 Å². The summed E-state index contributed by atoms with van der Waals surface area (Å²) in [5.41, 5.74) is 7.01. The minimum Gasteiger partial charge on any atom is -0.398 e. The van der Waals surface area contributed by atoms with E-state index >= 15 is 0 Å². The molecule has 0 aliphatic rings. The fourth-order valence-electron chi connectivity index (χ4n) is 1.92. The van der Waals surface area contributed by atoms with E-state index in [-0.39, 0.29) is 0 Å². The zero-order chi connectivity index (χ0) is 14.5. The maximum Gasteiger partial charge on any atom is 0.0467 e. The van der Waals surface area contributed by atoms with Gasteiger partial charge in [-0.05, 0) is 42.5 Å². The molecule has 0 heterocycles. The summed E-state index contributed by atoms with van der Waals surface area (Å²) in [5.74, 6) is 0. The Balaban J connectivity index is 1.77. The largest absolute Gasteiger partial charge is 0.398 e. The highest BCUT2D eigenvalue weighted by atomic mass is 32.2. The van der Waals surface area contributed by atoms with Crippen LogP contribution in [0.15, 0.2) is 98.4 Å². The third-order valence-corrected chi connectivity index (χ3v) is 5.03. The Morgan fingerprint density at radius 1 is 0.571 bits per heavy atom. The van der Waals surface area contributed by atoms with Crippen molar-refractivity contribution in [1.82, 2.24) is 0 Å². The fraction of sp³-hybridized carbons (Fsp3) is 0. The Bertz CT molecular complexity index is 712. The average molecular weight is 309 g/mol. The second-order valence-corrected chi connectivity index (χ2v) is 6.79. The Morgan fingerprint density at radius 2 is 1.14 bits per heavy atom. The van der Waals surface area contributed by atoms with Crippen LogP contribution in [0, 0.1) is 0 Å². The molecule has 2 N–H and O–H groups in total. The van der Waals surface area contributed by atoms with E-state index in [4.69, 9.17) is 5.73 Å². The van der Waals surface area contributed by atoms with Gasteiger partial charge in [-0.15, -0.1) is 0 Å². The quantitative estimate of drug-likeness (QED) is 0.638. The molecule has 0 bridgehead atoms.